The Bertz CT molecular complexity index is 205. The number of hydrogen-bond donors (Lipinski definition) is 0. The Kier molecular flexibility index (Phi) is 2.41. The smallest absolute Gasteiger partial charge is 0.403 e. The lowest BCUT2D eigenvalue weighted by Gasteiger charge is -2.32. The predicted octanol–water partition coefficient (Wildman–Crippen LogP) is 1.87. The van der Waals surface area contributed by atoms with E-state index in [1.54, 1.807) is 0 Å². The first kappa shape index (κ1) is 10.5. The van der Waals surface area contributed by atoms with Crippen molar-refractivity contribution in [2.75, 3.05) is 13.2 Å². The standard InChI is InChI=1S/C10H19BO3/c1-9(2)10(3,4)14-11(13-9)8-5-6-12-7-8/h8H,5-7H2,1-4H3. The van der Waals surface area contributed by atoms with Crippen molar-refractivity contribution in [2.45, 2.75) is 51.1 Å². The van der Waals surface area contributed by atoms with Gasteiger partial charge in [-0.1, -0.05) is 0 Å². The lowest BCUT2D eigenvalue weighted by molar-refractivity contribution is 0.00578. The maximum atomic E-state index is 5.95. The fourth-order valence-electron chi connectivity index (χ4n) is 1.85. The number of ether oxygens (including phenoxy) is 1. The lowest BCUT2D eigenvalue weighted by Crippen LogP contribution is -2.41. The second kappa shape index (κ2) is 3.22. The molecule has 2 aliphatic rings. The summed E-state index contributed by atoms with van der Waals surface area (Å²) in [6, 6.07) is 0. The van der Waals surface area contributed by atoms with Crippen LogP contribution in [0.4, 0.5) is 0 Å². The zero-order valence-electron chi connectivity index (χ0n) is 9.50. The highest BCUT2D eigenvalue weighted by Crippen LogP contribution is 2.41. The minimum Gasteiger partial charge on any atom is -0.403 e. The highest BCUT2D eigenvalue weighted by Gasteiger charge is 2.54. The molecule has 0 aromatic rings. The van der Waals surface area contributed by atoms with Gasteiger partial charge >= 0.3 is 7.12 Å². The van der Waals surface area contributed by atoms with Crippen LogP contribution in [0.3, 0.4) is 0 Å². The van der Waals surface area contributed by atoms with Gasteiger partial charge in [0.15, 0.2) is 0 Å². The Labute approximate surface area is 86.2 Å². The van der Waals surface area contributed by atoms with Gasteiger partial charge in [-0.3, -0.25) is 0 Å². The summed E-state index contributed by atoms with van der Waals surface area (Å²) in [5.41, 5.74) is -0.416. The van der Waals surface area contributed by atoms with E-state index in [0.717, 1.165) is 19.6 Å². The molecule has 1 atom stereocenters. The molecular weight excluding hydrogens is 179 g/mol. The van der Waals surface area contributed by atoms with Crippen LogP contribution in [0.1, 0.15) is 34.1 Å². The highest BCUT2D eigenvalue weighted by molar-refractivity contribution is 6.47. The minimum atomic E-state index is -0.208. The molecule has 0 bridgehead atoms. The van der Waals surface area contributed by atoms with Crippen LogP contribution in [0.2, 0.25) is 5.82 Å². The summed E-state index contributed by atoms with van der Waals surface area (Å²) in [6.45, 7) is 9.96. The molecule has 0 saturated carbocycles. The first-order valence-corrected chi connectivity index (χ1v) is 5.36. The molecule has 0 aromatic carbocycles. The van der Waals surface area contributed by atoms with E-state index >= 15 is 0 Å². The Morgan fingerprint density at radius 1 is 1.07 bits per heavy atom. The monoisotopic (exact) mass is 198 g/mol. The van der Waals surface area contributed by atoms with E-state index in [-0.39, 0.29) is 18.3 Å². The van der Waals surface area contributed by atoms with E-state index in [1.165, 1.54) is 0 Å². The summed E-state index contributed by atoms with van der Waals surface area (Å²) in [7, 11) is -0.0810. The summed E-state index contributed by atoms with van der Waals surface area (Å²) < 4.78 is 17.2. The third-order valence-electron chi connectivity index (χ3n) is 3.62. The van der Waals surface area contributed by atoms with Crippen LogP contribution >= 0.6 is 0 Å². The average Bonchev–Trinajstić information content (AvgIpc) is 2.58. The molecule has 0 N–H and O–H groups in total. The van der Waals surface area contributed by atoms with Crippen LogP contribution in [0.25, 0.3) is 0 Å². The summed E-state index contributed by atoms with van der Waals surface area (Å²) >= 11 is 0. The molecule has 0 amide bonds. The van der Waals surface area contributed by atoms with Gasteiger partial charge in [0.05, 0.1) is 11.2 Å². The van der Waals surface area contributed by atoms with E-state index in [1.807, 2.05) is 0 Å². The van der Waals surface area contributed by atoms with Crippen LogP contribution in [-0.4, -0.2) is 31.5 Å². The Hall–Kier alpha value is -0.0551. The molecule has 0 aliphatic carbocycles. The molecule has 0 aromatic heterocycles. The SMILES string of the molecule is CC1(C)OB(C2CCOC2)OC1(C)C. The molecule has 1 unspecified atom stereocenters. The molecule has 2 rings (SSSR count). The molecule has 80 valence electrons. The molecule has 0 spiro atoms. The third-order valence-corrected chi connectivity index (χ3v) is 3.62. The van der Waals surface area contributed by atoms with Crippen LogP contribution in [0.5, 0.6) is 0 Å². The third kappa shape index (κ3) is 1.60. The average molecular weight is 198 g/mol. The van der Waals surface area contributed by atoms with Crippen molar-refractivity contribution < 1.29 is 14.0 Å². The van der Waals surface area contributed by atoms with Crippen molar-refractivity contribution in [3.05, 3.63) is 0 Å². The normalized spacial score (nSPS) is 35.1. The quantitative estimate of drug-likeness (QED) is 0.602. The molecule has 2 fully saturated rings. The summed E-state index contributed by atoms with van der Waals surface area (Å²) in [4.78, 5) is 0. The van der Waals surface area contributed by atoms with Crippen molar-refractivity contribution in [2.24, 2.45) is 0 Å². The van der Waals surface area contributed by atoms with Gasteiger partial charge in [0.2, 0.25) is 0 Å². The largest absolute Gasteiger partial charge is 0.463 e. The molecule has 0 radical (unpaired) electrons. The van der Waals surface area contributed by atoms with Gasteiger partial charge < -0.3 is 14.0 Å². The van der Waals surface area contributed by atoms with Crippen LogP contribution < -0.4 is 0 Å². The van der Waals surface area contributed by atoms with Gasteiger partial charge in [-0.15, -0.1) is 0 Å². The predicted molar refractivity (Wildman–Crippen MR) is 55.3 cm³/mol. The molecule has 3 nitrogen and oxygen atoms in total. The topological polar surface area (TPSA) is 27.7 Å². The summed E-state index contributed by atoms with van der Waals surface area (Å²) in [6.07, 6.45) is 1.05. The molecule has 2 heterocycles. The maximum Gasteiger partial charge on any atom is 0.463 e. The molecule has 14 heavy (non-hydrogen) atoms. The Balaban J connectivity index is 2.05. The number of hydrogen-bond acceptors (Lipinski definition) is 3. The van der Waals surface area contributed by atoms with Gasteiger partial charge in [-0.25, -0.2) is 0 Å². The lowest BCUT2D eigenvalue weighted by atomic mass is 9.71. The van der Waals surface area contributed by atoms with E-state index in [9.17, 15) is 0 Å². The van der Waals surface area contributed by atoms with Gasteiger partial charge in [-0.05, 0) is 34.1 Å². The first-order valence-electron chi connectivity index (χ1n) is 5.36. The van der Waals surface area contributed by atoms with Gasteiger partial charge in [0.25, 0.3) is 0 Å². The first-order chi connectivity index (χ1) is 6.42. The van der Waals surface area contributed by atoms with Crippen LogP contribution in [-0.2, 0) is 14.0 Å². The van der Waals surface area contributed by atoms with E-state index in [2.05, 4.69) is 27.7 Å². The second-order valence-corrected chi connectivity index (χ2v) is 5.25. The second-order valence-electron chi connectivity index (χ2n) is 5.25. The van der Waals surface area contributed by atoms with E-state index in [0.29, 0.717) is 5.82 Å². The maximum absolute atomic E-state index is 5.95. The van der Waals surface area contributed by atoms with Crippen molar-refractivity contribution in [1.29, 1.82) is 0 Å². The van der Waals surface area contributed by atoms with Crippen molar-refractivity contribution >= 4 is 7.12 Å². The zero-order chi connectivity index (χ0) is 10.4. The Morgan fingerprint density at radius 3 is 2.07 bits per heavy atom. The zero-order valence-corrected chi connectivity index (χ0v) is 9.50. The fraction of sp³-hybridized carbons (Fsp3) is 1.00. The van der Waals surface area contributed by atoms with Crippen LogP contribution in [0.15, 0.2) is 0 Å². The summed E-state index contributed by atoms with van der Waals surface area (Å²) in [5, 5.41) is 0. The Morgan fingerprint density at radius 2 is 1.64 bits per heavy atom. The van der Waals surface area contributed by atoms with E-state index in [4.69, 9.17) is 14.0 Å². The van der Waals surface area contributed by atoms with Crippen LogP contribution in [0, 0.1) is 0 Å². The van der Waals surface area contributed by atoms with E-state index < -0.39 is 0 Å². The molecule has 4 heteroatoms. The fourth-order valence-corrected chi connectivity index (χ4v) is 1.85. The summed E-state index contributed by atoms with van der Waals surface area (Å²) in [5.74, 6) is 0.413. The molecule has 2 aliphatic heterocycles. The van der Waals surface area contributed by atoms with Gasteiger partial charge in [-0.2, -0.15) is 0 Å². The highest BCUT2D eigenvalue weighted by atomic mass is 16.7. The minimum absolute atomic E-state index is 0.0810. The van der Waals surface area contributed by atoms with Crippen molar-refractivity contribution in [3.8, 4) is 0 Å². The number of rotatable bonds is 1. The van der Waals surface area contributed by atoms with Crippen molar-refractivity contribution in [3.63, 3.8) is 0 Å². The molecular formula is C10H19BO3. The van der Waals surface area contributed by atoms with Crippen molar-refractivity contribution in [1.82, 2.24) is 0 Å². The van der Waals surface area contributed by atoms with Gasteiger partial charge in [0, 0.05) is 19.0 Å². The molecule has 2 saturated heterocycles. The van der Waals surface area contributed by atoms with Gasteiger partial charge in [0.1, 0.15) is 0 Å².